The molecular weight excluding hydrogens is 338 g/mol. The Labute approximate surface area is 148 Å². The zero-order valence-electron chi connectivity index (χ0n) is 13.9. The lowest BCUT2D eigenvalue weighted by Crippen LogP contribution is -2.49. The average molecular weight is 354 g/mol. The standard InChI is InChI=1S/C19H16F2N4O/c20-14-6-4-13(5-7-14)19(26)25-10-8-24(9-11-25)18-15-2-1-3-16(21)17(15)22-12-23-18/h1-7,12H,8-11H2. The molecule has 1 aliphatic heterocycles. The molecule has 2 heterocycles. The van der Waals surface area contributed by atoms with Crippen molar-refractivity contribution in [2.45, 2.75) is 0 Å². The van der Waals surface area contributed by atoms with Gasteiger partial charge in [-0.3, -0.25) is 4.79 Å². The number of aromatic nitrogens is 2. The van der Waals surface area contributed by atoms with E-state index < -0.39 is 0 Å². The fourth-order valence-corrected chi connectivity index (χ4v) is 3.19. The van der Waals surface area contributed by atoms with Crippen molar-refractivity contribution in [3.05, 3.63) is 66.0 Å². The Morgan fingerprint density at radius 2 is 1.65 bits per heavy atom. The number of nitrogens with zero attached hydrogens (tertiary/aromatic N) is 4. The minimum atomic E-state index is -0.378. The maximum atomic E-state index is 13.9. The third kappa shape index (κ3) is 2.96. The summed E-state index contributed by atoms with van der Waals surface area (Å²) in [6.07, 6.45) is 1.36. The van der Waals surface area contributed by atoms with Gasteiger partial charge >= 0.3 is 0 Å². The van der Waals surface area contributed by atoms with Gasteiger partial charge in [0.05, 0.1) is 0 Å². The number of hydrogen-bond donors (Lipinski definition) is 0. The SMILES string of the molecule is O=C(c1ccc(F)cc1)N1CCN(c2ncnc3c(F)cccc23)CC1. The molecule has 0 unspecified atom stereocenters. The highest BCUT2D eigenvalue weighted by Gasteiger charge is 2.24. The number of hydrogen-bond acceptors (Lipinski definition) is 4. The molecule has 3 aromatic rings. The molecule has 1 amide bonds. The van der Waals surface area contributed by atoms with Crippen LogP contribution < -0.4 is 4.90 Å². The fourth-order valence-electron chi connectivity index (χ4n) is 3.19. The van der Waals surface area contributed by atoms with Gasteiger partial charge in [-0.2, -0.15) is 0 Å². The number of benzene rings is 2. The molecule has 0 bridgehead atoms. The first-order valence-electron chi connectivity index (χ1n) is 8.32. The third-order valence-corrected chi connectivity index (χ3v) is 4.55. The van der Waals surface area contributed by atoms with Crippen LogP contribution >= 0.6 is 0 Å². The Morgan fingerprint density at radius 1 is 0.923 bits per heavy atom. The molecule has 0 aliphatic carbocycles. The van der Waals surface area contributed by atoms with Gasteiger partial charge in [-0.1, -0.05) is 6.07 Å². The van der Waals surface area contributed by atoms with Gasteiger partial charge in [0.2, 0.25) is 0 Å². The van der Waals surface area contributed by atoms with Crippen molar-refractivity contribution >= 4 is 22.6 Å². The lowest BCUT2D eigenvalue weighted by Gasteiger charge is -2.35. The molecule has 0 spiro atoms. The summed E-state index contributed by atoms with van der Waals surface area (Å²) in [6, 6.07) is 10.4. The van der Waals surface area contributed by atoms with Gasteiger partial charge in [0, 0.05) is 37.1 Å². The molecule has 0 atom stereocenters. The van der Waals surface area contributed by atoms with Gasteiger partial charge in [0.25, 0.3) is 5.91 Å². The molecule has 2 aromatic carbocycles. The van der Waals surface area contributed by atoms with Crippen molar-refractivity contribution in [3.63, 3.8) is 0 Å². The van der Waals surface area contributed by atoms with Crippen LogP contribution in [0.5, 0.6) is 0 Å². The highest BCUT2D eigenvalue weighted by molar-refractivity contribution is 5.94. The number of halogens is 2. The Morgan fingerprint density at radius 3 is 2.38 bits per heavy atom. The monoisotopic (exact) mass is 354 g/mol. The Kier molecular flexibility index (Phi) is 4.20. The summed E-state index contributed by atoms with van der Waals surface area (Å²) in [7, 11) is 0. The average Bonchev–Trinajstić information content (AvgIpc) is 2.68. The number of carbonyl (C=O) groups excluding carboxylic acids is 1. The number of para-hydroxylation sites is 1. The van der Waals surface area contributed by atoms with Crippen molar-refractivity contribution in [2.24, 2.45) is 0 Å². The third-order valence-electron chi connectivity index (χ3n) is 4.55. The number of fused-ring (bicyclic) bond motifs is 1. The molecule has 1 aliphatic rings. The van der Waals surface area contributed by atoms with E-state index in [2.05, 4.69) is 9.97 Å². The predicted molar refractivity (Wildman–Crippen MR) is 94.0 cm³/mol. The highest BCUT2D eigenvalue weighted by atomic mass is 19.1. The van der Waals surface area contributed by atoms with Gasteiger partial charge in [-0.15, -0.1) is 0 Å². The molecule has 7 heteroatoms. The molecule has 0 N–H and O–H groups in total. The summed E-state index contributed by atoms with van der Waals surface area (Å²) in [5, 5.41) is 0.658. The second-order valence-corrected chi connectivity index (χ2v) is 6.12. The second-order valence-electron chi connectivity index (χ2n) is 6.12. The second kappa shape index (κ2) is 6.67. The van der Waals surface area contributed by atoms with E-state index >= 15 is 0 Å². The summed E-state index contributed by atoms with van der Waals surface area (Å²) in [4.78, 5) is 24.6. The predicted octanol–water partition coefficient (Wildman–Crippen LogP) is 2.87. The van der Waals surface area contributed by atoms with Gasteiger partial charge in [0.15, 0.2) is 0 Å². The summed E-state index contributed by atoms with van der Waals surface area (Å²) in [5.41, 5.74) is 0.761. The first kappa shape index (κ1) is 16.4. The number of carbonyl (C=O) groups is 1. The minimum Gasteiger partial charge on any atom is -0.352 e. The molecule has 132 valence electrons. The number of rotatable bonds is 2. The lowest BCUT2D eigenvalue weighted by molar-refractivity contribution is 0.0746. The topological polar surface area (TPSA) is 49.3 Å². The van der Waals surface area contributed by atoms with E-state index in [0.717, 1.165) is 0 Å². The van der Waals surface area contributed by atoms with Crippen LogP contribution in [0.3, 0.4) is 0 Å². The largest absolute Gasteiger partial charge is 0.352 e. The van der Waals surface area contributed by atoms with E-state index in [9.17, 15) is 13.6 Å². The zero-order valence-corrected chi connectivity index (χ0v) is 13.9. The van der Waals surface area contributed by atoms with Crippen LogP contribution in [0.1, 0.15) is 10.4 Å². The molecule has 1 fully saturated rings. The summed E-state index contributed by atoms with van der Waals surface area (Å²) in [6.45, 7) is 2.18. The van der Waals surface area contributed by atoms with Crippen LogP contribution in [0.4, 0.5) is 14.6 Å². The number of piperazine rings is 1. The van der Waals surface area contributed by atoms with Crippen LogP contribution in [0.2, 0.25) is 0 Å². The van der Waals surface area contributed by atoms with Crippen molar-refractivity contribution in [2.75, 3.05) is 31.1 Å². The lowest BCUT2D eigenvalue weighted by atomic mass is 10.1. The van der Waals surface area contributed by atoms with Crippen LogP contribution in [0, 0.1) is 11.6 Å². The quantitative estimate of drug-likeness (QED) is 0.710. The minimum absolute atomic E-state index is 0.122. The summed E-state index contributed by atoms with van der Waals surface area (Å²) >= 11 is 0. The van der Waals surface area contributed by atoms with E-state index in [4.69, 9.17) is 0 Å². The first-order chi connectivity index (χ1) is 12.6. The Bertz CT molecular complexity index is 953. The van der Waals surface area contributed by atoms with E-state index in [1.165, 1.54) is 36.7 Å². The maximum Gasteiger partial charge on any atom is 0.253 e. The van der Waals surface area contributed by atoms with Gasteiger partial charge in [-0.25, -0.2) is 18.7 Å². The maximum absolute atomic E-state index is 13.9. The zero-order chi connectivity index (χ0) is 18.1. The van der Waals surface area contributed by atoms with Crippen LogP contribution in [0.15, 0.2) is 48.8 Å². The molecule has 26 heavy (non-hydrogen) atoms. The van der Waals surface area contributed by atoms with Crippen molar-refractivity contribution in [3.8, 4) is 0 Å². The smallest absolute Gasteiger partial charge is 0.253 e. The molecule has 0 saturated carbocycles. The molecule has 5 nitrogen and oxygen atoms in total. The Hall–Kier alpha value is -3.09. The van der Waals surface area contributed by atoms with E-state index in [-0.39, 0.29) is 17.5 Å². The molecular formula is C19H16F2N4O. The van der Waals surface area contributed by atoms with Gasteiger partial charge in [0.1, 0.15) is 29.3 Å². The van der Waals surface area contributed by atoms with Crippen LogP contribution in [-0.4, -0.2) is 47.0 Å². The van der Waals surface area contributed by atoms with Gasteiger partial charge in [-0.05, 0) is 36.4 Å². The molecule has 0 radical (unpaired) electrons. The molecule has 1 aromatic heterocycles. The van der Waals surface area contributed by atoms with E-state index in [1.807, 2.05) is 4.90 Å². The first-order valence-corrected chi connectivity index (χ1v) is 8.32. The molecule has 4 rings (SSSR count). The number of anilines is 1. The van der Waals surface area contributed by atoms with E-state index in [0.29, 0.717) is 48.5 Å². The normalized spacial score (nSPS) is 14.7. The summed E-state index contributed by atoms with van der Waals surface area (Å²) < 4.78 is 26.9. The van der Waals surface area contributed by atoms with E-state index in [1.54, 1.807) is 17.0 Å². The van der Waals surface area contributed by atoms with Crippen LogP contribution in [0.25, 0.3) is 10.9 Å². The summed E-state index contributed by atoms with van der Waals surface area (Å²) in [5.74, 6) is -0.197. The highest BCUT2D eigenvalue weighted by Crippen LogP contribution is 2.25. The van der Waals surface area contributed by atoms with Crippen molar-refractivity contribution < 1.29 is 13.6 Å². The fraction of sp³-hybridized carbons (Fsp3) is 0.211. The van der Waals surface area contributed by atoms with Crippen molar-refractivity contribution in [1.29, 1.82) is 0 Å². The van der Waals surface area contributed by atoms with Crippen LogP contribution in [-0.2, 0) is 0 Å². The number of amides is 1. The van der Waals surface area contributed by atoms with Crippen molar-refractivity contribution in [1.82, 2.24) is 14.9 Å². The Balaban J connectivity index is 1.51. The van der Waals surface area contributed by atoms with Gasteiger partial charge < -0.3 is 9.80 Å². The molecule has 1 saturated heterocycles.